The number of nitrogens with one attached hydrogen (secondary N) is 1. The average Bonchev–Trinajstić information content (AvgIpc) is 2.46. The van der Waals surface area contributed by atoms with Gasteiger partial charge >= 0.3 is 6.03 Å². The molecule has 0 bridgehead atoms. The van der Waals surface area contributed by atoms with E-state index >= 15 is 0 Å². The Bertz CT molecular complexity index is 430. The molecule has 0 aliphatic carbocycles. The predicted octanol–water partition coefficient (Wildman–Crippen LogP) is 0.723. The quantitative estimate of drug-likeness (QED) is 0.840. The molecule has 1 aliphatic rings. The highest BCUT2D eigenvalue weighted by Gasteiger charge is 2.20. The Morgan fingerprint density at radius 3 is 2.95 bits per heavy atom. The van der Waals surface area contributed by atoms with Crippen LogP contribution in [0.25, 0.3) is 0 Å². The Morgan fingerprint density at radius 1 is 1.58 bits per heavy atom. The lowest BCUT2D eigenvalue weighted by Gasteiger charge is -2.31. The third kappa shape index (κ3) is 3.82. The van der Waals surface area contributed by atoms with Crippen molar-refractivity contribution in [3.8, 4) is 5.88 Å². The van der Waals surface area contributed by atoms with Gasteiger partial charge in [0, 0.05) is 37.9 Å². The average molecular weight is 264 g/mol. The number of primary amides is 1. The molecule has 1 fully saturated rings. The van der Waals surface area contributed by atoms with Crippen molar-refractivity contribution >= 4 is 6.03 Å². The number of carbonyl (C=O) groups excluding carboxylic acids is 1. The van der Waals surface area contributed by atoms with Crippen molar-refractivity contribution in [2.45, 2.75) is 25.4 Å². The van der Waals surface area contributed by atoms with E-state index in [-0.39, 0.29) is 6.03 Å². The van der Waals surface area contributed by atoms with Crippen LogP contribution >= 0.6 is 0 Å². The van der Waals surface area contributed by atoms with Gasteiger partial charge in [0.05, 0.1) is 7.11 Å². The van der Waals surface area contributed by atoms with Gasteiger partial charge in [-0.2, -0.15) is 0 Å². The van der Waals surface area contributed by atoms with Gasteiger partial charge in [-0.05, 0) is 24.5 Å². The number of likely N-dealkylation sites (tertiary alicyclic amines) is 1. The van der Waals surface area contributed by atoms with Gasteiger partial charge in [0.15, 0.2) is 0 Å². The van der Waals surface area contributed by atoms with Crippen molar-refractivity contribution in [3.05, 3.63) is 23.9 Å². The molecule has 2 heterocycles. The molecule has 0 saturated carbocycles. The first-order chi connectivity index (χ1) is 9.19. The summed E-state index contributed by atoms with van der Waals surface area (Å²) in [4.78, 5) is 16.8. The fourth-order valence-electron chi connectivity index (χ4n) is 2.24. The summed E-state index contributed by atoms with van der Waals surface area (Å²) in [6.07, 6.45) is 3.61. The fourth-order valence-corrected chi connectivity index (χ4v) is 2.24. The molecule has 2 rings (SSSR count). The van der Waals surface area contributed by atoms with E-state index in [1.165, 1.54) is 0 Å². The van der Waals surface area contributed by atoms with E-state index in [1.807, 2.05) is 12.1 Å². The van der Waals surface area contributed by atoms with Crippen molar-refractivity contribution in [3.63, 3.8) is 0 Å². The molecule has 6 nitrogen and oxygen atoms in total. The highest BCUT2D eigenvalue weighted by Crippen LogP contribution is 2.12. The summed E-state index contributed by atoms with van der Waals surface area (Å²) in [5, 5.41) is 3.49. The maximum Gasteiger partial charge on any atom is 0.314 e. The van der Waals surface area contributed by atoms with Crippen LogP contribution in [0.15, 0.2) is 18.3 Å². The predicted molar refractivity (Wildman–Crippen MR) is 71.8 cm³/mol. The molecule has 3 N–H and O–H groups in total. The number of nitrogens with zero attached hydrogens (tertiary/aromatic N) is 2. The molecule has 104 valence electrons. The van der Waals surface area contributed by atoms with Crippen LogP contribution in [-0.2, 0) is 6.54 Å². The number of ether oxygens (including phenoxy) is 1. The Balaban J connectivity index is 1.78. The summed E-state index contributed by atoms with van der Waals surface area (Å²) < 4.78 is 5.09. The van der Waals surface area contributed by atoms with Crippen LogP contribution < -0.4 is 15.8 Å². The molecule has 0 spiro atoms. The highest BCUT2D eigenvalue weighted by atomic mass is 16.5. The molecule has 19 heavy (non-hydrogen) atoms. The Morgan fingerprint density at radius 2 is 2.32 bits per heavy atom. The van der Waals surface area contributed by atoms with Crippen LogP contribution in [0.4, 0.5) is 4.79 Å². The molecule has 1 aromatic heterocycles. The van der Waals surface area contributed by atoms with Crippen molar-refractivity contribution < 1.29 is 9.53 Å². The number of hydrogen-bond donors (Lipinski definition) is 2. The maximum atomic E-state index is 11.0. The second kappa shape index (κ2) is 6.38. The number of pyridine rings is 1. The normalized spacial score (nSPS) is 16.4. The molecule has 1 saturated heterocycles. The van der Waals surface area contributed by atoms with E-state index in [9.17, 15) is 4.79 Å². The first-order valence-corrected chi connectivity index (χ1v) is 6.45. The number of aromatic nitrogens is 1. The van der Waals surface area contributed by atoms with Crippen LogP contribution in [0, 0.1) is 0 Å². The minimum atomic E-state index is -0.322. The zero-order valence-electron chi connectivity index (χ0n) is 11.1. The number of urea groups is 1. The molecule has 0 radical (unpaired) electrons. The number of piperidine rings is 1. The van der Waals surface area contributed by atoms with Gasteiger partial charge in [0.25, 0.3) is 0 Å². The summed E-state index contributed by atoms with van der Waals surface area (Å²) in [7, 11) is 1.61. The van der Waals surface area contributed by atoms with Crippen molar-refractivity contribution in [2.24, 2.45) is 5.73 Å². The first kappa shape index (κ1) is 13.6. The van der Waals surface area contributed by atoms with E-state index in [1.54, 1.807) is 18.2 Å². The van der Waals surface area contributed by atoms with Gasteiger partial charge in [-0.1, -0.05) is 0 Å². The minimum absolute atomic E-state index is 0.322. The zero-order valence-corrected chi connectivity index (χ0v) is 11.1. The highest BCUT2D eigenvalue weighted by molar-refractivity contribution is 5.72. The molecule has 0 atom stereocenters. The van der Waals surface area contributed by atoms with E-state index < -0.39 is 0 Å². The smallest absolute Gasteiger partial charge is 0.314 e. The number of nitrogens with two attached hydrogens (primary N) is 1. The molecule has 0 unspecified atom stereocenters. The topological polar surface area (TPSA) is 80.5 Å². The first-order valence-electron chi connectivity index (χ1n) is 6.45. The SMILES string of the molecule is COc1cc(CNC2CCN(C(N)=O)CC2)ccn1. The van der Waals surface area contributed by atoms with Crippen molar-refractivity contribution in [2.75, 3.05) is 20.2 Å². The van der Waals surface area contributed by atoms with Gasteiger partial charge < -0.3 is 20.7 Å². The van der Waals surface area contributed by atoms with Crippen LogP contribution in [0.5, 0.6) is 5.88 Å². The minimum Gasteiger partial charge on any atom is -0.481 e. The third-order valence-electron chi connectivity index (χ3n) is 3.41. The summed E-state index contributed by atoms with van der Waals surface area (Å²) in [6.45, 7) is 2.24. The summed E-state index contributed by atoms with van der Waals surface area (Å²) in [6, 6.07) is 3.99. The number of methoxy groups -OCH3 is 1. The zero-order chi connectivity index (χ0) is 13.7. The van der Waals surface area contributed by atoms with E-state index in [2.05, 4.69) is 10.3 Å². The lowest BCUT2D eigenvalue weighted by atomic mass is 10.1. The van der Waals surface area contributed by atoms with E-state index in [0.717, 1.165) is 38.0 Å². The molecule has 0 aromatic carbocycles. The number of amides is 2. The molecule has 1 aromatic rings. The molecule has 1 aliphatic heterocycles. The Labute approximate surface area is 112 Å². The molecular formula is C13H20N4O2. The standard InChI is InChI=1S/C13H20N4O2/c1-19-12-8-10(2-5-15-12)9-16-11-3-6-17(7-4-11)13(14)18/h2,5,8,11,16H,3-4,6-7,9H2,1H3,(H2,14,18). The third-order valence-corrected chi connectivity index (χ3v) is 3.41. The largest absolute Gasteiger partial charge is 0.481 e. The monoisotopic (exact) mass is 264 g/mol. The lowest BCUT2D eigenvalue weighted by molar-refractivity contribution is 0.185. The van der Waals surface area contributed by atoms with E-state index in [0.29, 0.717) is 11.9 Å². The maximum absolute atomic E-state index is 11.0. The lowest BCUT2D eigenvalue weighted by Crippen LogP contribution is -2.46. The van der Waals surface area contributed by atoms with Crippen LogP contribution in [0.2, 0.25) is 0 Å². The summed E-state index contributed by atoms with van der Waals surface area (Å²) >= 11 is 0. The number of rotatable bonds is 4. The van der Waals surface area contributed by atoms with Gasteiger partial charge in [-0.15, -0.1) is 0 Å². The van der Waals surface area contributed by atoms with Crippen LogP contribution in [0.3, 0.4) is 0 Å². The van der Waals surface area contributed by atoms with Gasteiger partial charge in [0.1, 0.15) is 0 Å². The Hall–Kier alpha value is -1.82. The van der Waals surface area contributed by atoms with E-state index in [4.69, 9.17) is 10.5 Å². The second-order valence-corrected chi connectivity index (χ2v) is 4.69. The Kier molecular flexibility index (Phi) is 4.57. The fraction of sp³-hybridized carbons (Fsp3) is 0.538. The molecular weight excluding hydrogens is 244 g/mol. The van der Waals surface area contributed by atoms with Gasteiger partial charge in [0.2, 0.25) is 5.88 Å². The second-order valence-electron chi connectivity index (χ2n) is 4.69. The van der Waals surface area contributed by atoms with Crippen molar-refractivity contribution in [1.29, 1.82) is 0 Å². The molecule has 6 heteroatoms. The summed E-state index contributed by atoms with van der Waals surface area (Å²) in [5.41, 5.74) is 6.40. The van der Waals surface area contributed by atoms with Crippen LogP contribution in [0.1, 0.15) is 18.4 Å². The number of carbonyl (C=O) groups is 1. The summed E-state index contributed by atoms with van der Waals surface area (Å²) in [5.74, 6) is 0.628. The number of hydrogen-bond acceptors (Lipinski definition) is 4. The van der Waals surface area contributed by atoms with Gasteiger partial charge in [-0.3, -0.25) is 0 Å². The van der Waals surface area contributed by atoms with Crippen LogP contribution in [-0.4, -0.2) is 42.2 Å². The van der Waals surface area contributed by atoms with Gasteiger partial charge in [-0.25, -0.2) is 9.78 Å². The van der Waals surface area contributed by atoms with Crippen molar-refractivity contribution in [1.82, 2.24) is 15.2 Å². The molecule has 2 amide bonds.